The Morgan fingerprint density at radius 2 is 2.19 bits per heavy atom. The first-order valence-corrected chi connectivity index (χ1v) is 6.07. The monoisotopic (exact) mass is 283 g/mol. The topological polar surface area (TPSA) is 102 Å². The molecule has 0 unspecified atom stereocenters. The van der Waals surface area contributed by atoms with Crippen molar-refractivity contribution in [1.82, 2.24) is 20.2 Å². The third-order valence-electron chi connectivity index (χ3n) is 2.88. The SMILES string of the molecule is CNc1nc(Nc2ccc(F)c(C#N)c2)c2cn[nH]c2n1. The fraction of sp³-hybridized carbons (Fsp3) is 0.0769. The summed E-state index contributed by atoms with van der Waals surface area (Å²) in [6.45, 7) is 0. The Balaban J connectivity index is 2.05. The maximum absolute atomic E-state index is 13.3. The van der Waals surface area contributed by atoms with Crippen LogP contribution >= 0.6 is 0 Å². The fourth-order valence-corrected chi connectivity index (χ4v) is 1.87. The van der Waals surface area contributed by atoms with Gasteiger partial charge >= 0.3 is 0 Å². The molecule has 0 radical (unpaired) electrons. The molecule has 3 rings (SSSR count). The molecule has 0 amide bonds. The van der Waals surface area contributed by atoms with Crippen LogP contribution in [0, 0.1) is 17.1 Å². The summed E-state index contributed by atoms with van der Waals surface area (Å²) in [6.07, 6.45) is 1.59. The minimum absolute atomic E-state index is 0.0358. The zero-order chi connectivity index (χ0) is 14.8. The van der Waals surface area contributed by atoms with E-state index >= 15 is 0 Å². The number of hydrogen-bond acceptors (Lipinski definition) is 6. The van der Waals surface area contributed by atoms with Crippen molar-refractivity contribution in [2.75, 3.05) is 17.7 Å². The lowest BCUT2D eigenvalue weighted by Crippen LogP contribution is -2.01. The maximum atomic E-state index is 13.3. The van der Waals surface area contributed by atoms with Gasteiger partial charge in [-0.15, -0.1) is 0 Å². The number of aromatic amines is 1. The Labute approximate surface area is 118 Å². The lowest BCUT2D eigenvalue weighted by Gasteiger charge is -2.08. The van der Waals surface area contributed by atoms with Crippen LogP contribution in [0.2, 0.25) is 0 Å². The number of nitrogens with one attached hydrogen (secondary N) is 3. The molecule has 0 saturated carbocycles. The van der Waals surface area contributed by atoms with Gasteiger partial charge in [-0.25, -0.2) is 4.39 Å². The molecule has 8 heteroatoms. The zero-order valence-corrected chi connectivity index (χ0v) is 11.0. The number of benzene rings is 1. The van der Waals surface area contributed by atoms with E-state index in [2.05, 4.69) is 30.8 Å². The van der Waals surface area contributed by atoms with Crippen LogP contribution in [0.3, 0.4) is 0 Å². The highest BCUT2D eigenvalue weighted by Gasteiger charge is 2.10. The summed E-state index contributed by atoms with van der Waals surface area (Å²) in [4.78, 5) is 8.51. The molecule has 3 aromatic rings. The van der Waals surface area contributed by atoms with Crippen LogP contribution in [0.1, 0.15) is 5.56 Å². The van der Waals surface area contributed by atoms with Crippen molar-refractivity contribution in [2.45, 2.75) is 0 Å². The standard InChI is InChI=1S/C13H10FN7/c1-16-13-19-11(9-6-17-21-12(9)20-13)18-8-2-3-10(14)7(4-8)5-15/h2-4,6H,1H3,(H3,16,17,18,19,20,21). The number of nitrogens with zero attached hydrogens (tertiary/aromatic N) is 4. The second kappa shape index (κ2) is 5.05. The number of anilines is 3. The van der Waals surface area contributed by atoms with Crippen LogP contribution in [-0.4, -0.2) is 27.2 Å². The summed E-state index contributed by atoms with van der Waals surface area (Å²) in [5.74, 6) is 0.362. The molecule has 7 nitrogen and oxygen atoms in total. The van der Waals surface area contributed by atoms with Gasteiger partial charge in [0, 0.05) is 12.7 Å². The van der Waals surface area contributed by atoms with Gasteiger partial charge in [0.25, 0.3) is 0 Å². The molecule has 0 bridgehead atoms. The van der Waals surface area contributed by atoms with E-state index in [-0.39, 0.29) is 5.56 Å². The number of halogens is 1. The first kappa shape index (κ1) is 12.8. The summed E-state index contributed by atoms with van der Waals surface area (Å²) in [5.41, 5.74) is 1.09. The fourth-order valence-electron chi connectivity index (χ4n) is 1.87. The van der Waals surface area contributed by atoms with Gasteiger partial charge in [-0.3, -0.25) is 5.10 Å². The zero-order valence-electron chi connectivity index (χ0n) is 11.0. The average molecular weight is 283 g/mol. The molecule has 0 aliphatic heterocycles. The molecule has 0 aliphatic rings. The molecule has 0 fully saturated rings. The molecule has 0 saturated heterocycles. The van der Waals surface area contributed by atoms with Gasteiger partial charge in [-0.05, 0) is 18.2 Å². The summed E-state index contributed by atoms with van der Waals surface area (Å²) in [5, 5.41) is 22.1. The van der Waals surface area contributed by atoms with Crippen LogP contribution in [0.15, 0.2) is 24.4 Å². The number of aromatic nitrogens is 4. The lowest BCUT2D eigenvalue weighted by atomic mass is 10.2. The number of fused-ring (bicyclic) bond motifs is 1. The average Bonchev–Trinajstić information content (AvgIpc) is 2.97. The lowest BCUT2D eigenvalue weighted by molar-refractivity contribution is 0.624. The largest absolute Gasteiger partial charge is 0.357 e. The van der Waals surface area contributed by atoms with E-state index in [9.17, 15) is 4.39 Å². The van der Waals surface area contributed by atoms with Crippen molar-refractivity contribution in [2.24, 2.45) is 0 Å². The predicted octanol–water partition coefficient (Wildman–Crippen LogP) is 2.15. The van der Waals surface area contributed by atoms with E-state index in [0.29, 0.717) is 28.5 Å². The number of H-pyrrole nitrogens is 1. The summed E-state index contributed by atoms with van der Waals surface area (Å²) >= 11 is 0. The Hall–Kier alpha value is -3.21. The Morgan fingerprint density at radius 3 is 2.95 bits per heavy atom. The summed E-state index contributed by atoms with van der Waals surface area (Å²) in [6, 6.07) is 5.98. The molecule has 0 spiro atoms. The van der Waals surface area contributed by atoms with Crippen LogP contribution in [-0.2, 0) is 0 Å². The predicted molar refractivity (Wildman–Crippen MR) is 75.6 cm³/mol. The van der Waals surface area contributed by atoms with E-state index in [0.717, 1.165) is 0 Å². The highest BCUT2D eigenvalue weighted by molar-refractivity contribution is 5.89. The Kier molecular flexibility index (Phi) is 3.08. The van der Waals surface area contributed by atoms with Crippen molar-refractivity contribution in [3.8, 4) is 6.07 Å². The molecule has 2 heterocycles. The van der Waals surface area contributed by atoms with Crippen molar-refractivity contribution in [3.63, 3.8) is 0 Å². The van der Waals surface area contributed by atoms with E-state index in [1.807, 2.05) is 0 Å². The van der Waals surface area contributed by atoms with Gasteiger partial charge in [0.1, 0.15) is 17.7 Å². The van der Waals surface area contributed by atoms with Gasteiger partial charge < -0.3 is 10.6 Å². The molecule has 3 N–H and O–H groups in total. The smallest absolute Gasteiger partial charge is 0.226 e. The first-order chi connectivity index (χ1) is 10.2. The maximum Gasteiger partial charge on any atom is 0.226 e. The van der Waals surface area contributed by atoms with Gasteiger partial charge in [0.15, 0.2) is 5.65 Å². The van der Waals surface area contributed by atoms with E-state index in [1.54, 1.807) is 19.3 Å². The molecular formula is C13H10FN7. The van der Waals surface area contributed by atoms with Crippen LogP contribution < -0.4 is 10.6 Å². The van der Waals surface area contributed by atoms with E-state index in [4.69, 9.17) is 5.26 Å². The second-order valence-electron chi connectivity index (χ2n) is 4.21. The molecule has 0 aliphatic carbocycles. The molecule has 2 aromatic heterocycles. The third kappa shape index (κ3) is 2.32. The number of hydrogen-bond donors (Lipinski definition) is 3. The van der Waals surface area contributed by atoms with Gasteiger partial charge in [-0.1, -0.05) is 0 Å². The van der Waals surface area contributed by atoms with E-state index < -0.39 is 5.82 Å². The van der Waals surface area contributed by atoms with Crippen molar-refractivity contribution >= 4 is 28.5 Å². The van der Waals surface area contributed by atoms with Crippen LogP contribution in [0.25, 0.3) is 11.0 Å². The highest BCUT2D eigenvalue weighted by Crippen LogP contribution is 2.24. The molecular weight excluding hydrogens is 273 g/mol. The highest BCUT2D eigenvalue weighted by atomic mass is 19.1. The molecule has 1 aromatic carbocycles. The normalized spacial score (nSPS) is 10.3. The minimum atomic E-state index is -0.560. The first-order valence-electron chi connectivity index (χ1n) is 6.07. The second-order valence-corrected chi connectivity index (χ2v) is 4.21. The van der Waals surface area contributed by atoms with E-state index in [1.165, 1.54) is 18.2 Å². The van der Waals surface area contributed by atoms with Gasteiger partial charge in [0.05, 0.1) is 17.1 Å². The van der Waals surface area contributed by atoms with Crippen molar-refractivity contribution in [3.05, 3.63) is 35.8 Å². The Bertz CT molecular complexity index is 849. The van der Waals surface area contributed by atoms with Crippen molar-refractivity contribution in [1.29, 1.82) is 5.26 Å². The van der Waals surface area contributed by atoms with Crippen LogP contribution in [0.4, 0.5) is 21.8 Å². The third-order valence-corrected chi connectivity index (χ3v) is 2.88. The van der Waals surface area contributed by atoms with Gasteiger partial charge in [0.2, 0.25) is 5.95 Å². The quantitative estimate of drug-likeness (QED) is 0.680. The Morgan fingerprint density at radius 1 is 1.33 bits per heavy atom. The van der Waals surface area contributed by atoms with Crippen molar-refractivity contribution < 1.29 is 4.39 Å². The molecule has 104 valence electrons. The van der Waals surface area contributed by atoms with Crippen LogP contribution in [0.5, 0.6) is 0 Å². The molecule has 0 atom stereocenters. The summed E-state index contributed by atoms with van der Waals surface area (Å²) in [7, 11) is 1.70. The summed E-state index contributed by atoms with van der Waals surface area (Å²) < 4.78 is 13.3. The van der Waals surface area contributed by atoms with Gasteiger partial charge in [-0.2, -0.15) is 20.3 Å². The number of nitriles is 1. The number of rotatable bonds is 3. The molecule has 21 heavy (non-hydrogen) atoms. The minimum Gasteiger partial charge on any atom is -0.357 e.